The quantitative estimate of drug-likeness (QED) is 0.791. The van der Waals surface area contributed by atoms with Crippen molar-refractivity contribution in [2.24, 2.45) is 5.73 Å². The lowest BCUT2D eigenvalue weighted by Crippen LogP contribution is -2.00. The topological polar surface area (TPSA) is 43.3 Å². The molecular formula is C16H16FN3. The van der Waals surface area contributed by atoms with E-state index in [9.17, 15) is 4.39 Å². The Balaban J connectivity index is 1.90. The highest BCUT2D eigenvalue weighted by molar-refractivity contribution is 5.53. The fraction of sp³-hybridized carbons (Fsp3) is 0.188. The zero-order valence-electron chi connectivity index (χ0n) is 11.1. The van der Waals surface area contributed by atoms with E-state index in [1.165, 1.54) is 6.07 Å². The summed E-state index contributed by atoms with van der Waals surface area (Å²) >= 11 is 0. The summed E-state index contributed by atoms with van der Waals surface area (Å²) < 4.78 is 15.7. The standard InChI is InChI=1S/C16H16FN3/c17-13-6-2-1-5-12(13)8-9-16-19-14(11-18)15-7-3-4-10-20(15)16/h1-7,10H,8-9,11,18H2. The van der Waals surface area contributed by atoms with Gasteiger partial charge in [-0.2, -0.15) is 0 Å². The lowest BCUT2D eigenvalue weighted by molar-refractivity contribution is 0.607. The second-order valence-corrected chi connectivity index (χ2v) is 4.73. The molecule has 0 saturated carbocycles. The third kappa shape index (κ3) is 2.30. The average Bonchev–Trinajstić information content (AvgIpc) is 2.85. The second kappa shape index (κ2) is 5.43. The van der Waals surface area contributed by atoms with Crippen molar-refractivity contribution in [1.82, 2.24) is 9.38 Å². The van der Waals surface area contributed by atoms with Gasteiger partial charge in [-0.15, -0.1) is 0 Å². The van der Waals surface area contributed by atoms with E-state index < -0.39 is 0 Å². The number of nitrogens with zero attached hydrogens (tertiary/aromatic N) is 2. The van der Waals surface area contributed by atoms with Crippen LogP contribution in [0.15, 0.2) is 48.7 Å². The van der Waals surface area contributed by atoms with Gasteiger partial charge in [0.25, 0.3) is 0 Å². The van der Waals surface area contributed by atoms with E-state index in [1.54, 1.807) is 6.07 Å². The van der Waals surface area contributed by atoms with Gasteiger partial charge >= 0.3 is 0 Å². The van der Waals surface area contributed by atoms with E-state index in [0.29, 0.717) is 19.4 Å². The molecule has 2 heterocycles. The van der Waals surface area contributed by atoms with Crippen molar-refractivity contribution < 1.29 is 4.39 Å². The minimum absolute atomic E-state index is 0.160. The number of rotatable bonds is 4. The molecule has 0 unspecified atom stereocenters. The first-order valence-corrected chi connectivity index (χ1v) is 6.68. The maximum Gasteiger partial charge on any atom is 0.126 e. The number of benzene rings is 1. The van der Waals surface area contributed by atoms with E-state index in [4.69, 9.17) is 5.73 Å². The van der Waals surface area contributed by atoms with Crippen LogP contribution in [0, 0.1) is 5.82 Å². The summed E-state index contributed by atoms with van der Waals surface area (Å²) in [6.07, 6.45) is 3.29. The van der Waals surface area contributed by atoms with Crippen LogP contribution in [0.4, 0.5) is 4.39 Å². The monoisotopic (exact) mass is 269 g/mol. The summed E-state index contributed by atoms with van der Waals surface area (Å²) in [5.74, 6) is 0.761. The Morgan fingerprint density at radius 3 is 2.65 bits per heavy atom. The number of hydrogen-bond donors (Lipinski definition) is 1. The molecule has 3 rings (SSSR count). The normalized spacial score (nSPS) is 11.1. The van der Waals surface area contributed by atoms with Gasteiger partial charge in [-0.05, 0) is 30.2 Å². The Bertz CT molecular complexity index is 733. The highest BCUT2D eigenvalue weighted by atomic mass is 19.1. The maximum absolute atomic E-state index is 13.6. The summed E-state index contributed by atoms with van der Waals surface area (Å²) in [6, 6.07) is 12.8. The van der Waals surface area contributed by atoms with Crippen LogP contribution in [0.2, 0.25) is 0 Å². The minimum Gasteiger partial charge on any atom is -0.325 e. The van der Waals surface area contributed by atoms with Crippen molar-refractivity contribution in [3.05, 3.63) is 71.6 Å². The first-order chi connectivity index (χ1) is 9.79. The molecule has 0 amide bonds. The van der Waals surface area contributed by atoms with Gasteiger partial charge in [-0.25, -0.2) is 9.37 Å². The zero-order valence-corrected chi connectivity index (χ0v) is 11.1. The molecule has 2 aromatic heterocycles. The number of imidazole rings is 1. The van der Waals surface area contributed by atoms with Gasteiger partial charge in [0.15, 0.2) is 0 Å². The minimum atomic E-state index is -0.160. The van der Waals surface area contributed by atoms with E-state index >= 15 is 0 Å². The summed E-state index contributed by atoms with van der Waals surface area (Å²) in [5, 5.41) is 0. The number of halogens is 1. The Morgan fingerprint density at radius 2 is 1.85 bits per heavy atom. The van der Waals surface area contributed by atoms with E-state index in [1.807, 2.05) is 40.9 Å². The molecule has 3 nitrogen and oxygen atoms in total. The Kier molecular flexibility index (Phi) is 3.48. The number of fused-ring (bicyclic) bond motifs is 1. The molecule has 0 atom stereocenters. The lowest BCUT2D eigenvalue weighted by Gasteiger charge is -2.03. The van der Waals surface area contributed by atoms with Gasteiger partial charge in [-0.1, -0.05) is 24.3 Å². The average molecular weight is 269 g/mol. The van der Waals surface area contributed by atoms with Crippen molar-refractivity contribution in [2.45, 2.75) is 19.4 Å². The lowest BCUT2D eigenvalue weighted by atomic mass is 10.1. The number of aromatic nitrogens is 2. The van der Waals surface area contributed by atoms with Crippen LogP contribution < -0.4 is 5.73 Å². The van der Waals surface area contributed by atoms with Crippen LogP contribution in [0.3, 0.4) is 0 Å². The van der Waals surface area contributed by atoms with E-state index in [-0.39, 0.29) is 5.82 Å². The molecule has 0 aliphatic carbocycles. The van der Waals surface area contributed by atoms with Crippen molar-refractivity contribution in [3.63, 3.8) is 0 Å². The van der Waals surface area contributed by atoms with Crippen molar-refractivity contribution >= 4 is 5.52 Å². The van der Waals surface area contributed by atoms with Crippen molar-refractivity contribution in [3.8, 4) is 0 Å². The number of nitrogens with two attached hydrogens (primary N) is 1. The smallest absolute Gasteiger partial charge is 0.126 e. The third-order valence-corrected chi connectivity index (χ3v) is 3.47. The summed E-state index contributed by atoms with van der Waals surface area (Å²) in [6.45, 7) is 0.410. The number of pyridine rings is 1. The first-order valence-electron chi connectivity index (χ1n) is 6.68. The zero-order chi connectivity index (χ0) is 13.9. The SMILES string of the molecule is NCc1nc(CCc2ccccc2F)n2ccccc12. The molecule has 3 aromatic rings. The first kappa shape index (κ1) is 12.8. The summed E-state index contributed by atoms with van der Waals surface area (Å²) in [7, 11) is 0. The highest BCUT2D eigenvalue weighted by Gasteiger charge is 2.10. The fourth-order valence-corrected chi connectivity index (χ4v) is 2.44. The van der Waals surface area contributed by atoms with Crippen molar-refractivity contribution in [2.75, 3.05) is 0 Å². The van der Waals surface area contributed by atoms with Crippen LogP contribution in [0.25, 0.3) is 5.52 Å². The molecule has 0 radical (unpaired) electrons. The number of aryl methyl sites for hydroxylation is 2. The fourth-order valence-electron chi connectivity index (χ4n) is 2.44. The van der Waals surface area contributed by atoms with Crippen LogP contribution in [-0.4, -0.2) is 9.38 Å². The van der Waals surface area contributed by atoms with Gasteiger partial charge in [-0.3, -0.25) is 0 Å². The molecule has 0 aliphatic rings. The van der Waals surface area contributed by atoms with Gasteiger partial charge in [0, 0.05) is 19.2 Å². The predicted molar refractivity (Wildman–Crippen MR) is 76.9 cm³/mol. The van der Waals surface area contributed by atoms with Crippen LogP contribution >= 0.6 is 0 Å². The molecule has 102 valence electrons. The van der Waals surface area contributed by atoms with E-state index in [0.717, 1.165) is 22.6 Å². The molecule has 20 heavy (non-hydrogen) atoms. The van der Waals surface area contributed by atoms with E-state index in [2.05, 4.69) is 4.98 Å². The van der Waals surface area contributed by atoms with Gasteiger partial charge in [0.2, 0.25) is 0 Å². The molecule has 0 spiro atoms. The molecular weight excluding hydrogens is 253 g/mol. The molecule has 2 N–H and O–H groups in total. The van der Waals surface area contributed by atoms with Crippen LogP contribution in [0.5, 0.6) is 0 Å². The van der Waals surface area contributed by atoms with Gasteiger partial charge in [0.05, 0.1) is 11.2 Å². The molecule has 0 aliphatic heterocycles. The largest absolute Gasteiger partial charge is 0.325 e. The predicted octanol–water partition coefficient (Wildman–Crippen LogP) is 2.72. The summed E-state index contributed by atoms with van der Waals surface area (Å²) in [4.78, 5) is 4.57. The molecule has 0 saturated heterocycles. The Labute approximate surface area is 116 Å². The molecule has 0 fully saturated rings. The van der Waals surface area contributed by atoms with Gasteiger partial charge in [0.1, 0.15) is 11.6 Å². The van der Waals surface area contributed by atoms with Crippen LogP contribution in [0.1, 0.15) is 17.1 Å². The van der Waals surface area contributed by atoms with Gasteiger partial charge < -0.3 is 10.1 Å². The third-order valence-electron chi connectivity index (χ3n) is 3.47. The maximum atomic E-state index is 13.6. The van der Waals surface area contributed by atoms with Crippen LogP contribution in [-0.2, 0) is 19.4 Å². The summed E-state index contributed by atoms with van der Waals surface area (Å²) in [5.41, 5.74) is 8.35. The van der Waals surface area contributed by atoms with Crippen molar-refractivity contribution in [1.29, 1.82) is 0 Å². The number of hydrogen-bond acceptors (Lipinski definition) is 2. The Hall–Kier alpha value is -2.20. The molecule has 4 heteroatoms. The Morgan fingerprint density at radius 1 is 1.05 bits per heavy atom. The molecule has 1 aromatic carbocycles. The highest BCUT2D eigenvalue weighted by Crippen LogP contribution is 2.15. The second-order valence-electron chi connectivity index (χ2n) is 4.73. The molecule has 0 bridgehead atoms.